The molecule has 2 heterocycles. The number of nitrogens with zero attached hydrogens (tertiary/aromatic N) is 3. The Bertz CT molecular complexity index is 619. The van der Waals surface area contributed by atoms with E-state index in [1.165, 1.54) is 0 Å². The van der Waals surface area contributed by atoms with Gasteiger partial charge in [0.2, 0.25) is 0 Å². The van der Waals surface area contributed by atoms with E-state index < -0.39 is 5.97 Å². The summed E-state index contributed by atoms with van der Waals surface area (Å²) in [6.45, 7) is 2.87. The van der Waals surface area contributed by atoms with Crippen LogP contribution < -0.4 is 0 Å². The van der Waals surface area contributed by atoms with Crippen LogP contribution in [0, 0.1) is 5.92 Å². The maximum Gasteiger partial charge on any atom is 0.335 e. The number of carbonyl (C=O) groups is 1. The van der Waals surface area contributed by atoms with Crippen LogP contribution in [-0.4, -0.2) is 44.5 Å². The number of aromatic carboxylic acids is 1. The van der Waals surface area contributed by atoms with Gasteiger partial charge >= 0.3 is 5.97 Å². The molecule has 0 bridgehead atoms. The third kappa shape index (κ3) is 3.51. The molecule has 2 N–H and O–H groups in total. The molecule has 22 heavy (non-hydrogen) atoms. The Labute approximate surface area is 129 Å². The van der Waals surface area contributed by atoms with Crippen LogP contribution in [0.4, 0.5) is 0 Å². The molecule has 0 aliphatic carbocycles. The van der Waals surface area contributed by atoms with E-state index in [-0.39, 0.29) is 0 Å². The summed E-state index contributed by atoms with van der Waals surface area (Å²) in [7, 11) is 0. The van der Waals surface area contributed by atoms with Crippen molar-refractivity contribution in [3.8, 4) is 0 Å². The van der Waals surface area contributed by atoms with E-state index in [0.29, 0.717) is 11.5 Å². The Morgan fingerprint density at radius 3 is 2.77 bits per heavy atom. The zero-order chi connectivity index (χ0) is 15.4. The molecule has 0 unspecified atom stereocenters. The number of rotatable bonds is 5. The Kier molecular flexibility index (Phi) is 4.48. The lowest BCUT2D eigenvalue weighted by Gasteiger charge is -2.31. The van der Waals surface area contributed by atoms with Gasteiger partial charge in [-0.05, 0) is 49.9 Å². The van der Waals surface area contributed by atoms with Crippen LogP contribution in [-0.2, 0) is 13.0 Å². The minimum absolute atomic E-state index is 0.438. The molecule has 0 spiro atoms. The predicted molar refractivity (Wildman–Crippen MR) is 81.5 cm³/mol. The molecule has 1 aliphatic rings. The van der Waals surface area contributed by atoms with Gasteiger partial charge in [0.1, 0.15) is 0 Å². The summed E-state index contributed by atoms with van der Waals surface area (Å²) in [4.78, 5) is 13.6. The molecular weight excluding hydrogens is 280 g/mol. The van der Waals surface area contributed by atoms with Crippen molar-refractivity contribution in [2.45, 2.75) is 25.8 Å². The number of likely N-dealkylation sites (tertiary alicyclic amines) is 1. The average Bonchev–Trinajstić information content (AvgIpc) is 3.02. The number of carboxylic acids is 1. The van der Waals surface area contributed by atoms with E-state index in [1.54, 1.807) is 18.3 Å². The van der Waals surface area contributed by atoms with Gasteiger partial charge in [0, 0.05) is 6.54 Å². The average molecular weight is 300 g/mol. The number of H-pyrrole nitrogens is 1. The summed E-state index contributed by atoms with van der Waals surface area (Å²) in [5.41, 5.74) is 2.35. The van der Waals surface area contributed by atoms with Crippen LogP contribution in [0.1, 0.15) is 34.5 Å². The highest BCUT2D eigenvalue weighted by molar-refractivity contribution is 5.89. The number of piperidine rings is 1. The van der Waals surface area contributed by atoms with Crippen LogP contribution in [0.5, 0.6) is 0 Å². The first-order valence-corrected chi connectivity index (χ1v) is 7.60. The second kappa shape index (κ2) is 6.70. The molecule has 6 nitrogen and oxygen atoms in total. The fourth-order valence-corrected chi connectivity index (χ4v) is 3.10. The number of benzene rings is 1. The first-order valence-electron chi connectivity index (χ1n) is 7.60. The fraction of sp³-hybridized carbons (Fsp3) is 0.438. The Balaban J connectivity index is 1.55. The van der Waals surface area contributed by atoms with Gasteiger partial charge < -0.3 is 5.11 Å². The largest absolute Gasteiger partial charge is 0.478 e. The van der Waals surface area contributed by atoms with Gasteiger partial charge in [-0.2, -0.15) is 15.4 Å². The van der Waals surface area contributed by atoms with Gasteiger partial charge in [0.05, 0.1) is 17.5 Å². The van der Waals surface area contributed by atoms with Crippen LogP contribution in [0.15, 0.2) is 30.5 Å². The van der Waals surface area contributed by atoms with E-state index in [4.69, 9.17) is 0 Å². The van der Waals surface area contributed by atoms with Crippen LogP contribution >= 0.6 is 0 Å². The maximum atomic E-state index is 11.3. The maximum absolute atomic E-state index is 11.3. The fourth-order valence-electron chi connectivity index (χ4n) is 3.10. The first-order chi connectivity index (χ1) is 10.7. The minimum Gasteiger partial charge on any atom is -0.478 e. The Hall–Kier alpha value is -2.21. The monoisotopic (exact) mass is 300 g/mol. The number of aromatic nitrogens is 3. The Morgan fingerprint density at radius 2 is 2.09 bits per heavy atom. The van der Waals surface area contributed by atoms with Crippen molar-refractivity contribution in [3.63, 3.8) is 0 Å². The quantitative estimate of drug-likeness (QED) is 0.882. The highest BCUT2D eigenvalue weighted by atomic mass is 16.4. The molecule has 0 amide bonds. The molecule has 1 saturated heterocycles. The number of aromatic amines is 1. The summed E-state index contributed by atoms with van der Waals surface area (Å²) in [6, 6.07) is 7.33. The van der Waals surface area contributed by atoms with Crippen molar-refractivity contribution in [3.05, 3.63) is 47.3 Å². The number of hydrogen-bond acceptors (Lipinski definition) is 4. The van der Waals surface area contributed by atoms with Crippen molar-refractivity contribution in [1.29, 1.82) is 0 Å². The molecule has 3 rings (SSSR count). The number of nitrogens with one attached hydrogen (secondary N) is 1. The zero-order valence-electron chi connectivity index (χ0n) is 12.4. The number of hydrogen-bond donors (Lipinski definition) is 2. The lowest BCUT2D eigenvalue weighted by molar-refractivity contribution is 0.0695. The standard InChI is InChI=1S/C16H20N4O2/c21-16(22)15-4-2-1-3-13(15)9-12-5-7-20(8-6-12)11-14-10-17-19-18-14/h1-4,10,12H,5-9,11H2,(H,21,22)(H,17,18,19). The smallest absolute Gasteiger partial charge is 0.335 e. The molecule has 0 saturated carbocycles. The first kappa shape index (κ1) is 14.7. The second-order valence-electron chi connectivity index (χ2n) is 5.85. The zero-order valence-corrected chi connectivity index (χ0v) is 12.4. The van der Waals surface area contributed by atoms with E-state index in [9.17, 15) is 9.90 Å². The third-order valence-corrected chi connectivity index (χ3v) is 4.31. The minimum atomic E-state index is -0.834. The summed E-state index contributed by atoms with van der Waals surface area (Å²) in [5.74, 6) is -0.284. The summed E-state index contributed by atoms with van der Waals surface area (Å²) < 4.78 is 0. The Morgan fingerprint density at radius 1 is 1.32 bits per heavy atom. The lowest BCUT2D eigenvalue weighted by Crippen LogP contribution is -2.34. The van der Waals surface area contributed by atoms with Crippen LogP contribution in [0.25, 0.3) is 0 Å². The van der Waals surface area contributed by atoms with Gasteiger partial charge in [-0.25, -0.2) is 4.79 Å². The van der Waals surface area contributed by atoms with Crippen LogP contribution in [0.2, 0.25) is 0 Å². The van der Waals surface area contributed by atoms with E-state index >= 15 is 0 Å². The normalized spacial score (nSPS) is 16.7. The highest BCUT2D eigenvalue weighted by Crippen LogP contribution is 2.24. The topological polar surface area (TPSA) is 82.1 Å². The second-order valence-corrected chi connectivity index (χ2v) is 5.85. The molecular formula is C16H20N4O2. The molecule has 116 valence electrons. The molecule has 0 radical (unpaired) electrons. The van der Waals surface area contributed by atoms with Crippen molar-refractivity contribution in [2.75, 3.05) is 13.1 Å². The third-order valence-electron chi connectivity index (χ3n) is 4.31. The summed E-state index contributed by atoms with van der Waals surface area (Å²) >= 11 is 0. The highest BCUT2D eigenvalue weighted by Gasteiger charge is 2.21. The predicted octanol–water partition coefficient (Wildman–Crippen LogP) is 1.96. The molecule has 1 fully saturated rings. The van der Waals surface area contributed by atoms with Crippen LogP contribution in [0.3, 0.4) is 0 Å². The molecule has 1 aliphatic heterocycles. The van der Waals surface area contributed by atoms with E-state index in [1.807, 2.05) is 12.1 Å². The summed E-state index contributed by atoms with van der Waals surface area (Å²) in [6.07, 6.45) is 4.78. The number of carboxylic acid groups (broad SMARTS) is 1. The van der Waals surface area contributed by atoms with Gasteiger partial charge in [0.25, 0.3) is 0 Å². The molecule has 0 atom stereocenters. The van der Waals surface area contributed by atoms with Crippen molar-refractivity contribution in [2.24, 2.45) is 5.92 Å². The van der Waals surface area contributed by atoms with Crippen molar-refractivity contribution in [1.82, 2.24) is 20.3 Å². The van der Waals surface area contributed by atoms with Gasteiger partial charge in [-0.3, -0.25) is 4.90 Å². The van der Waals surface area contributed by atoms with Gasteiger partial charge in [-0.1, -0.05) is 18.2 Å². The molecule has 2 aromatic rings. The van der Waals surface area contributed by atoms with E-state index in [0.717, 1.165) is 50.2 Å². The van der Waals surface area contributed by atoms with Gasteiger partial charge in [0.15, 0.2) is 0 Å². The summed E-state index contributed by atoms with van der Waals surface area (Å²) in [5, 5.41) is 19.8. The molecule has 6 heteroatoms. The SMILES string of the molecule is O=C(O)c1ccccc1CC1CCN(Cc2cn[nH]n2)CC1. The van der Waals surface area contributed by atoms with Crippen molar-refractivity contribution < 1.29 is 9.90 Å². The molecule has 1 aromatic carbocycles. The van der Waals surface area contributed by atoms with E-state index in [2.05, 4.69) is 20.3 Å². The van der Waals surface area contributed by atoms with Crippen molar-refractivity contribution >= 4 is 5.97 Å². The lowest BCUT2D eigenvalue weighted by atomic mass is 9.88. The molecule has 1 aromatic heterocycles. The van der Waals surface area contributed by atoms with Gasteiger partial charge in [-0.15, -0.1) is 0 Å².